The maximum atomic E-state index is 12.4. The summed E-state index contributed by atoms with van der Waals surface area (Å²) in [6, 6.07) is 6.33. The fourth-order valence-corrected chi connectivity index (χ4v) is 3.12. The number of amides is 2. The summed E-state index contributed by atoms with van der Waals surface area (Å²) < 4.78 is 5.22. The number of carbonyl (C=O) groups is 3. The van der Waals surface area contributed by atoms with Crippen molar-refractivity contribution in [1.82, 2.24) is 15.5 Å². The van der Waals surface area contributed by atoms with E-state index in [0.717, 1.165) is 12.0 Å². The van der Waals surface area contributed by atoms with Crippen LogP contribution in [0.3, 0.4) is 0 Å². The number of ether oxygens (including phenoxy) is 1. The fourth-order valence-electron chi connectivity index (χ4n) is 2.81. The highest BCUT2D eigenvalue weighted by Gasteiger charge is 2.34. The van der Waals surface area contributed by atoms with Crippen molar-refractivity contribution in [3.63, 3.8) is 0 Å². The Balaban J connectivity index is 1.99. The highest BCUT2D eigenvalue weighted by molar-refractivity contribution is 7.80. The second-order valence-electron chi connectivity index (χ2n) is 7.24. The van der Waals surface area contributed by atoms with Crippen LogP contribution in [0.5, 0.6) is 0 Å². The molecule has 8 heteroatoms. The van der Waals surface area contributed by atoms with Gasteiger partial charge >= 0.3 is 5.97 Å². The number of rotatable bonds is 6. The predicted molar refractivity (Wildman–Crippen MR) is 110 cm³/mol. The average molecular weight is 406 g/mol. The van der Waals surface area contributed by atoms with Crippen LogP contribution in [0.2, 0.25) is 0 Å². The summed E-state index contributed by atoms with van der Waals surface area (Å²) >= 11 is 5.35. The molecule has 1 aliphatic heterocycles. The van der Waals surface area contributed by atoms with Gasteiger partial charge in [-0.15, -0.1) is 0 Å². The topological polar surface area (TPSA) is 87.7 Å². The van der Waals surface area contributed by atoms with Crippen molar-refractivity contribution in [1.29, 1.82) is 0 Å². The molecule has 0 spiro atoms. The molecule has 1 aromatic rings. The van der Waals surface area contributed by atoms with Gasteiger partial charge in [-0.25, -0.2) is 0 Å². The second kappa shape index (κ2) is 10.2. The number of thiocarbonyl (C=S) groups is 1. The van der Waals surface area contributed by atoms with Crippen molar-refractivity contribution in [3.05, 3.63) is 35.4 Å². The van der Waals surface area contributed by atoms with Crippen molar-refractivity contribution in [2.75, 3.05) is 19.7 Å². The van der Waals surface area contributed by atoms with Crippen molar-refractivity contribution in [2.45, 2.75) is 39.7 Å². The Labute approximate surface area is 170 Å². The first-order valence-corrected chi connectivity index (χ1v) is 9.80. The van der Waals surface area contributed by atoms with E-state index in [4.69, 9.17) is 17.0 Å². The molecule has 1 aliphatic rings. The first-order chi connectivity index (χ1) is 13.3. The number of carbonyl (C=O) groups excluding carboxylic acids is 3. The van der Waals surface area contributed by atoms with Crippen molar-refractivity contribution in [3.8, 4) is 0 Å². The van der Waals surface area contributed by atoms with Crippen LogP contribution < -0.4 is 10.6 Å². The molecule has 7 nitrogen and oxygen atoms in total. The molecule has 1 unspecified atom stereocenters. The van der Waals surface area contributed by atoms with Crippen LogP contribution in [-0.2, 0) is 14.3 Å². The molecular weight excluding hydrogens is 378 g/mol. The third-order valence-corrected chi connectivity index (χ3v) is 4.75. The zero-order chi connectivity index (χ0) is 20.7. The first kappa shape index (κ1) is 21.8. The van der Waals surface area contributed by atoms with E-state index < -0.39 is 12.0 Å². The zero-order valence-corrected chi connectivity index (χ0v) is 17.3. The van der Waals surface area contributed by atoms with E-state index in [1.165, 1.54) is 0 Å². The van der Waals surface area contributed by atoms with Gasteiger partial charge in [0, 0.05) is 18.7 Å². The lowest BCUT2D eigenvalue weighted by atomic mass is 10.1. The van der Waals surface area contributed by atoms with E-state index in [2.05, 4.69) is 10.6 Å². The molecule has 0 radical (unpaired) electrons. The quantitative estimate of drug-likeness (QED) is 0.554. The predicted octanol–water partition coefficient (Wildman–Crippen LogP) is 1.79. The number of nitrogens with zero attached hydrogens (tertiary/aromatic N) is 1. The van der Waals surface area contributed by atoms with Crippen LogP contribution in [0.4, 0.5) is 0 Å². The van der Waals surface area contributed by atoms with E-state index in [0.29, 0.717) is 31.2 Å². The standard InChI is InChI=1S/C20H27N3O4S/c1-13(2)7-10-27-17(24)12-16-19(26)21-8-9-23(16)20(28)22-18(25)15-6-4-5-14(3)11-15/h4-6,11,13,16H,7-10,12H2,1-3H3,(H,21,26)(H,22,25,28). The summed E-state index contributed by atoms with van der Waals surface area (Å²) in [5.74, 6) is -0.690. The van der Waals surface area contributed by atoms with Gasteiger partial charge in [0.05, 0.1) is 13.0 Å². The van der Waals surface area contributed by atoms with Gasteiger partial charge in [0.15, 0.2) is 5.11 Å². The molecule has 1 atom stereocenters. The molecule has 2 N–H and O–H groups in total. The number of benzene rings is 1. The maximum Gasteiger partial charge on any atom is 0.308 e. The Kier molecular flexibility index (Phi) is 7.92. The molecule has 152 valence electrons. The van der Waals surface area contributed by atoms with E-state index in [-0.39, 0.29) is 23.3 Å². The molecule has 2 rings (SSSR count). The fraction of sp³-hybridized carbons (Fsp3) is 0.500. The van der Waals surface area contributed by atoms with Crippen LogP contribution >= 0.6 is 12.2 Å². The zero-order valence-electron chi connectivity index (χ0n) is 16.5. The van der Waals surface area contributed by atoms with Crippen LogP contribution in [0.25, 0.3) is 0 Å². The molecule has 0 aromatic heterocycles. The summed E-state index contributed by atoms with van der Waals surface area (Å²) in [4.78, 5) is 38.4. The first-order valence-electron chi connectivity index (χ1n) is 9.40. The molecule has 2 amide bonds. The summed E-state index contributed by atoms with van der Waals surface area (Å²) in [5, 5.41) is 5.52. The monoisotopic (exact) mass is 405 g/mol. The number of hydrogen-bond donors (Lipinski definition) is 2. The normalized spacial score (nSPS) is 16.5. The van der Waals surface area contributed by atoms with Gasteiger partial charge in [0.25, 0.3) is 5.91 Å². The summed E-state index contributed by atoms with van der Waals surface area (Å²) in [6.45, 7) is 7.09. The van der Waals surface area contributed by atoms with Crippen molar-refractivity contribution in [2.24, 2.45) is 5.92 Å². The smallest absolute Gasteiger partial charge is 0.308 e. The van der Waals surface area contributed by atoms with Crippen LogP contribution in [0, 0.1) is 12.8 Å². The molecule has 1 fully saturated rings. The average Bonchev–Trinajstić information content (AvgIpc) is 2.63. The van der Waals surface area contributed by atoms with Crippen molar-refractivity contribution >= 4 is 35.1 Å². The van der Waals surface area contributed by atoms with Crippen molar-refractivity contribution < 1.29 is 19.1 Å². The van der Waals surface area contributed by atoms with Gasteiger partial charge in [-0.3, -0.25) is 19.7 Å². The van der Waals surface area contributed by atoms with E-state index in [1.54, 1.807) is 23.1 Å². The number of esters is 1. The third-order valence-electron chi connectivity index (χ3n) is 4.41. The number of nitrogens with one attached hydrogen (secondary N) is 2. The summed E-state index contributed by atoms with van der Waals surface area (Å²) in [7, 11) is 0. The highest BCUT2D eigenvalue weighted by Crippen LogP contribution is 2.12. The third kappa shape index (κ3) is 6.30. The van der Waals surface area contributed by atoms with E-state index in [1.807, 2.05) is 26.8 Å². The van der Waals surface area contributed by atoms with Crippen LogP contribution in [0.15, 0.2) is 24.3 Å². The minimum Gasteiger partial charge on any atom is -0.466 e. The molecule has 1 aromatic carbocycles. The SMILES string of the molecule is Cc1cccc(C(=O)NC(=S)N2CCNC(=O)C2CC(=O)OCCC(C)C)c1. The second-order valence-corrected chi connectivity index (χ2v) is 7.62. The van der Waals surface area contributed by atoms with Crippen LogP contribution in [-0.4, -0.2) is 53.5 Å². The van der Waals surface area contributed by atoms with Gasteiger partial charge < -0.3 is 15.0 Å². The summed E-state index contributed by atoms with van der Waals surface area (Å²) in [6.07, 6.45) is 0.641. The number of hydrogen-bond acceptors (Lipinski definition) is 5. The Morgan fingerprint density at radius 3 is 2.82 bits per heavy atom. The summed E-state index contributed by atoms with van der Waals surface area (Å²) in [5.41, 5.74) is 1.44. The highest BCUT2D eigenvalue weighted by atomic mass is 32.1. The van der Waals surface area contributed by atoms with Crippen LogP contribution in [0.1, 0.15) is 42.6 Å². The number of piperazine rings is 1. The lowest BCUT2D eigenvalue weighted by molar-refractivity contribution is -0.147. The minimum absolute atomic E-state index is 0.121. The van der Waals surface area contributed by atoms with E-state index in [9.17, 15) is 14.4 Å². The van der Waals surface area contributed by atoms with Gasteiger partial charge in [-0.05, 0) is 43.6 Å². The van der Waals surface area contributed by atoms with Gasteiger partial charge in [0.1, 0.15) is 6.04 Å². The molecular formula is C20H27N3O4S. The van der Waals surface area contributed by atoms with E-state index >= 15 is 0 Å². The minimum atomic E-state index is -0.800. The molecule has 0 aliphatic carbocycles. The lowest BCUT2D eigenvalue weighted by Crippen LogP contribution is -2.60. The molecule has 28 heavy (non-hydrogen) atoms. The molecule has 0 saturated carbocycles. The molecule has 0 bridgehead atoms. The Hall–Kier alpha value is -2.48. The Morgan fingerprint density at radius 2 is 2.14 bits per heavy atom. The molecule has 1 saturated heterocycles. The Morgan fingerprint density at radius 1 is 1.39 bits per heavy atom. The molecule has 1 heterocycles. The maximum absolute atomic E-state index is 12.4. The lowest BCUT2D eigenvalue weighted by Gasteiger charge is -2.36. The van der Waals surface area contributed by atoms with Gasteiger partial charge in [-0.1, -0.05) is 31.5 Å². The number of aryl methyl sites for hydroxylation is 1. The van der Waals surface area contributed by atoms with Gasteiger partial charge in [0.2, 0.25) is 5.91 Å². The largest absolute Gasteiger partial charge is 0.466 e. The Bertz CT molecular complexity index is 751. The van der Waals surface area contributed by atoms with Gasteiger partial charge in [-0.2, -0.15) is 0 Å².